The third-order valence-corrected chi connectivity index (χ3v) is 5.36. The summed E-state index contributed by atoms with van der Waals surface area (Å²) < 4.78 is 6.48. The molecule has 1 saturated heterocycles. The van der Waals surface area contributed by atoms with Gasteiger partial charge in [0.25, 0.3) is 5.91 Å². The molecule has 0 saturated carbocycles. The molecule has 0 radical (unpaired) electrons. The van der Waals surface area contributed by atoms with Crippen LogP contribution < -0.4 is 0 Å². The van der Waals surface area contributed by atoms with Gasteiger partial charge in [-0.1, -0.05) is 29.8 Å². The lowest BCUT2D eigenvalue weighted by molar-refractivity contribution is -0.0666. The summed E-state index contributed by atoms with van der Waals surface area (Å²) in [5, 5.41) is 10.7. The highest BCUT2D eigenvalue weighted by molar-refractivity contribution is 7.21. The molecule has 4 nitrogen and oxygen atoms in total. The number of aliphatic hydroxyl groups excluding tert-OH is 1. The minimum Gasteiger partial charge on any atom is -0.394 e. The molecule has 21 heavy (non-hydrogen) atoms. The topological polar surface area (TPSA) is 49.8 Å². The Balaban J connectivity index is 1.94. The Kier molecular flexibility index (Phi) is 4.17. The van der Waals surface area contributed by atoms with Gasteiger partial charge in [-0.2, -0.15) is 0 Å². The molecule has 6 heteroatoms. The van der Waals surface area contributed by atoms with Crippen molar-refractivity contribution in [1.29, 1.82) is 0 Å². The molecule has 1 aromatic carbocycles. The molecule has 2 aromatic rings. The molecular weight excluding hydrogens is 310 g/mol. The molecule has 1 aliphatic heterocycles. The van der Waals surface area contributed by atoms with Gasteiger partial charge >= 0.3 is 0 Å². The zero-order valence-electron chi connectivity index (χ0n) is 11.6. The number of aliphatic hydroxyl groups is 1. The molecule has 1 aliphatic rings. The van der Waals surface area contributed by atoms with E-state index in [1.165, 1.54) is 11.3 Å². The maximum atomic E-state index is 12.8. The number of benzene rings is 1. The number of morpholine rings is 1. The van der Waals surface area contributed by atoms with Gasteiger partial charge in [0.2, 0.25) is 0 Å². The van der Waals surface area contributed by atoms with Gasteiger partial charge in [0.05, 0.1) is 30.4 Å². The molecular formula is C15H16ClNO3S. The zero-order chi connectivity index (χ0) is 15.0. The normalized spacial score (nSPS) is 22.7. The van der Waals surface area contributed by atoms with Crippen LogP contribution in [-0.2, 0) is 4.74 Å². The number of carbonyl (C=O) groups is 1. The fourth-order valence-corrected chi connectivity index (χ4v) is 3.96. The summed E-state index contributed by atoms with van der Waals surface area (Å²) in [4.78, 5) is 15.1. The van der Waals surface area contributed by atoms with Gasteiger partial charge in [0.15, 0.2) is 0 Å². The maximum absolute atomic E-state index is 12.8. The van der Waals surface area contributed by atoms with Crippen molar-refractivity contribution in [3.05, 3.63) is 34.2 Å². The summed E-state index contributed by atoms with van der Waals surface area (Å²) in [5.41, 5.74) is 0. The first-order valence-corrected chi connectivity index (χ1v) is 8.01. The summed E-state index contributed by atoms with van der Waals surface area (Å²) in [6.45, 7) is 2.67. The van der Waals surface area contributed by atoms with Crippen LogP contribution in [0.1, 0.15) is 16.6 Å². The van der Waals surface area contributed by atoms with Gasteiger partial charge in [0, 0.05) is 16.6 Å². The molecule has 1 fully saturated rings. The molecule has 2 atom stereocenters. The number of rotatable bonds is 2. The van der Waals surface area contributed by atoms with Crippen molar-refractivity contribution < 1.29 is 14.6 Å². The summed E-state index contributed by atoms with van der Waals surface area (Å²) in [7, 11) is 0. The summed E-state index contributed by atoms with van der Waals surface area (Å²) in [5.74, 6) is -0.0875. The Morgan fingerprint density at radius 1 is 1.52 bits per heavy atom. The minimum absolute atomic E-state index is 0.0263. The standard InChI is InChI=1S/C15H16ClNO3S/c1-9-8-20-10(7-18)6-17(9)15(19)14-13(16)11-4-2-3-5-12(11)21-14/h2-5,9-10,18H,6-8H2,1H3. The minimum atomic E-state index is -0.321. The van der Waals surface area contributed by atoms with E-state index < -0.39 is 0 Å². The van der Waals surface area contributed by atoms with Crippen LogP contribution in [0, 0.1) is 0 Å². The van der Waals surface area contributed by atoms with Crippen molar-refractivity contribution >= 4 is 38.9 Å². The molecule has 0 aliphatic carbocycles. The summed E-state index contributed by atoms with van der Waals surface area (Å²) >= 11 is 7.78. The van der Waals surface area contributed by atoms with Crippen LogP contribution in [0.25, 0.3) is 10.1 Å². The fourth-order valence-electron chi connectivity index (χ4n) is 2.49. The van der Waals surface area contributed by atoms with Gasteiger partial charge in [-0.15, -0.1) is 11.3 Å². The second-order valence-electron chi connectivity index (χ2n) is 5.19. The first kappa shape index (κ1) is 14.8. The molecule has 0 bridgehead atoms. The molecule has 2 heterocycles. The van der Waals surface area contributed by atoms with E-state index in [0.29, 0.717) is 23.1 Å². The molecule has 1 aromatic heterocycles. The predicted octanol–water partition coefficient (Wildman–Crippen LogP) is 2.78. The molecule has 0 spiro atoms. The lowest BCUT2D eigenvalue weighted by Crippen LogP contribution is -2.51. The monoisotopic (exact) mass is 325 g/mol. The fraction of sp³-hybridized carbons (Fsp3) is 0.400. The maximum Gasteiger partial charge on any atom is 0.265 e. The van der Waals surface area contributed by atoms with Gasteiger partial charge in [-0.3, -0.25) is 4.79 Å². The van der Waals surface area contributed by atoms with Gasteiger partial charge < -0.3 is 14.7 Å². The lowest BCUT2D eigenvalue weighted by Gasteiger charge is -2.37. The van der Waals surface area contributed by atoms with E-state index in [0.717, 1.165) is 10.1 Å². The quantitative estimate of drug-likeness (QED) is 0.923. The van der Waals surface area contributed by atoms with Crippen molar-refractivity contribution in [2.45, 2.75) is 19.1 Å². The molecule has 3 rings (SSSR count). The zero-order valence-corrected chi connectivity index (χ0v) is 13.2. The lowest BCUT2D eigenvalue weighted by atomic mass is 10.2. The predicted molar refractivity (Wildman–Crippen MR) is 84.2 cm³/mol. The Hall–Kier alpha value is -1.14. The Morgan fingerprint density at radius 2 is 2.29 bits per heavy atom. The average Bonchev–Trinajstić information content (AvgIpc) is 2.85. The second-order valence-corrected chi connectivity index (χ2v) is 6.62. The Morgan fingerprint density at radius 3 is 3.00 bits per heavy atom. The SMILES string of the molecule is CC1COC(CO)CN1C(=O)c1sc2ccccc2c1Cl. The highest BCUT2D eigenvalue weighted by Gasteiger charge is 2.32. The van der Waals surface area contributed by atoms with E-state index >= 15 is 0 Å². The number of hydrogen-bond donors (Lipinski definition) is 1. The van der Waals surface area contributed by atoms with Crippen LogP contribution in [0.5, 0.6) is 0 Å². The smallest absolute Gasteiger partial charge is 0.265 e. The number of carbonyl (C=O) groups excluding carboxylic acids is 1. The van der Waals surface area contributed by atoms with Gasteiger partial charge in [0.1, 0.15) is 4.88 Å². The van der Waals surface area contributed by atoms with Crippen molar-refractivity contribution in [3.63, 3.8) is 0 Å². The number of ether oxygens (including phenoxy) is 1. The van der Waals surface area contributed by atoms with Crippen molar-refractivity contribution in [2.24, 2.45) is 0 Å². The van der Waals surface area contributed by atoms with Crippen LogP contribution in [0.15, 0.2) is 24.3 Å². The van der Waals surface area contributed by atoms with Crippen LogP contribution in [-0.4, -0.2) is 47.8 Å². The van der Waals surface area contributed by atoms with Gasteiger partial charge in [-0.25, -0.2) is 0 Å². The highest BCUT2D eigenvalue weighted by atomic mass is 35.5. The molecule has 112 valence electrons. The average molecular weight is 326 g/mol. The third kappa shape index (κ3) is 2.66. The van der Waals surface area contributed by atoms with Crippen LogP contribution in [0.2, 0.25) is 5.02 Å². The van der Waals surface area contributed by atoms with E-state index in [2.05, 4.69) is 0 Å². The van der Waals surface area contributed by atoms with Crippen molar-refractivity contribution in [3.8, 4) is 0 Å². The van der Waals surface area contributed by atoms with Gasteiger partial charge in [-0.05, 0) is 13.0 Å². The largest absolute Gasteiger partial charge is 0.394 e. The second kappa shape index (κ2) is 5.93. The van der Waals surface area contributed by atoms with Crippen molar-refractivity contribution in [2.75, 3.05) is 19.8 Å². The summed E-state index contributed by atoms with van der Waals surface area (Å²) in [6.07, 6.45) is -0.321. The Labute approximate surface area is 131 Å². The van der Waals surface area contributed by atoms with E-state index in [9.17, 15) is 9.90 Å². The number of fused-ring (bicyclic) bond motifs is 1. The van der Waals surface area contributed by atoms with E-state index in [-0.39, 0.29) is 24.7 Å². The van der Waals surface area contributed by atoms with E-state index in [1.54, 1.807) is 4.90 Å². The van der Waals surface area contributed by atoms with Crippen molar-refractivity contribution in [1.82, 2.24) is 4.90 Å². The number of amides is 1. The number of thiophene rings is 1. The van der Waals surface area contributed by atoms with Crippen LogP contribution in [0.3, 0.4) is 0 Å². The molecule has 1 amide bonds. The van der Waals surface area contributed by atoms with Crippen LogP contribution >= 0.6 is 22.9 Å². The number of halogens is 1. The molecule has 2 unspecified atom stereocenters. The molecule has 1 N–H and O–H groups in total. The number of hydrogen-bond acceptors (Lipinski definition) is 4. The van der Waals surface area contributed by atoms with Crippen LogP contribution in [0.4, 0.5) is 0 Å². The third-order valence-electron chi connectivity index (χ3n) is 3.70. The highest BCUT2D eigenvalue weighted by Crippen LogP contribution is 2.36. The number of nitrogens with zero attached hydrogens (tertiary/aromatic N) is 1. The first-order chi connectivity index (χ1) is 10.1. The van der Waals surface area contributed by atoms with E-state index in [4.69, 9.17) is 16.3 Å². The summed E-state index contributed by atoms with van der Waals surface area (Å²) in [6, 6.07) is 7.70. The first-order valence-electron chi connectivity index (χ1n) is 6.82. The Bertz CT molecular complexity index is 672. The van der Waals surface area contributed by atoms with E-state index in [1.807, 2.05) is 31.2 Å².